The summed E-state index contributed by atoms with van der Waals surface area (Å²) in [6.45, 7) is 1.51. The van der Waals surface area contributed by atoms with E-state index in [2.05, 4.69) is 10.6 Å². The highest BCUT2D eigenvalue weighted by Crippen LogP contribution is 2.02. The van der Waals surface area contributed by atoms with Crippen LogP contribution >= 0.6 is 0 Å². The minimum Gasteiger partial charge on any atom is -0.392 e. The molecule has 2 fully saturated rings. The molecule has 0 aromatic heterocycles. The molecule has 84 valence electrons. The van der Waals surface area contributed by atoms with Crippen LogP contribution in [-0.2, 0) is 9.59 Å². The number of aliphatic hydroxyl groups excluding tert-OH is 1. The van der Waals surface area contributed by atoms with Gasteiger partial charge in [-0.05, 0) is 25.8 Å². The van der Waals surface area contributed by atoms with Crippen molar-refractivity contribution < 1.29 is 14.7 Å². The first-order valence-corrected chi connectivity index (χ1v) is 5.16. The van der Waals surface area contributed by atoms with E-state index < -0.39 is 0 Å². The van der Waals surface area contributed by atoms with Gasteiger partial charge in [-0.25, -0.2) is 0 Å². The average Bonchev–Trinajstić information content (AvgIpc) is 2.88. The highest BCUT2D eigenvalue weighted by atomic mass is 16.3. The largest absolute Gasteiger partial charge is 0.392 e. The van der Waals surface area contributed by atoms with E-state index in [0.29, 0.717) is 13.0 Å². The van der Waals surface area contributed by atoms with Crippen LogP contribution in [0.25, 0.3) is 0 Å². The standard InChI is InChI=1S/C5H8NO2.C5H8NO/c7-3-4-1-5(8)2-6-4;7-4-5-2-1-3-6-5/h4-6,8H,1-2H2;5-6H,1-3H2/t4-,5?;5-/m00/s1. The fourth-order valence-electron chi connectivity index (χ4n) is 1.59. The maximum atomic E-state index is 9.85. The van der Waals surface area contributed by atoms with E-state index in [0.717, 1.165) is 19.4 Å². The molecule has 2 aliphatic rings. The zero-order chi connectivity index (χ0) is 11.1. The molecule has 0 bridgehead atoms. The summed E-state index contributed by atoms with van der Waals surface area (Å²) in [7, 11) is 0. The minimum atomic E-state index is -0.346. The Kier molecular flexibility index (Phi) is 5.45. The summed E-state index contributed by atoms with van der Waals surface area (Å²) >= 11 is 0. The van der Waals surface area contributed by atoms with Crippen LogP contribution in [-0.4, -0.2) is 49.0 Å². The van der Waals surface area contributed by atoms with Crippen LogP contribution in [0.4, 0.5) is 0 Å². The Morgan fingerprint density at radius 2 is 1.87 bits per heavy atom. The van der Waals surface area contributed by atoms with Crippen LogP contribution < -0.4 is 10.6 Å². The second-order valence-corrected chi connectivity index (χ2v) is 3.74. The molecule has 2 saturated heterocycles. The molecule has 2 rings (SSSR count). The first-order chi connectivity index (χ1) is 7.26. The molecule has 2 radical (unpaired) electrons. The molecule has 0 spiro atoms. The molecule has 15 heavy (non-hydrogen) atoms. The van der Waals surface area contributed by atoms with Crippen molar-refractivity contribution in [3.05, 3.63) is 0 Å². The number of carbonyl (C=O) groups excluding carboxylic acids is 2. The molecular formula is C10H16N2O3. The zero-order valence-electron chi connectivity index (χ0n) is 8.53. The Balaban J connectivity index is 0.000000151. The number of hydrogen-bond donors (Lipinski definition) is 3. The molecule has 0 aromatic carbocycles. The Bertz CT molecular complexity index is 205. The van der Waals surface area contributed by atoms with Crippen molar-refractivity contribution in [2.45, 2.75) is 37.5 Å². The highest BCUT2D eigenvalue weighted by Gasteiger charge is 2.21. The first-order valence-electron chi connectivity index (χ1n) is 5.16. The van der Waals surface area contributed by atoms with Gasteiger partial charge in [0.1, 0.15) is 0 Å². The molecule has 5 heteroatoms. The third-order valence-corrected chi connectivity index (χ3v) is 2.45. The van der Waals surface area contributed by atoms with Gasteiger partial charge in [0.25, 0.3) is 0 Å². The Morgan fingerprint density at radius 1 is 1.13 bits per heavy atom. The molecule has 3 atom stereocenters. The molecule has 5 nitrogen and oxygen atoms in total. The van der Waals surface area contributed by atoms with Gasteiger partial charge in [0, 0.05) is 6.54 Å². The van der Waals surface area contributed by atoms with Gasteiger partial charge >= 0.3 is 0 Å². The van der Waals surface area contributed by atoms with Gasteiger partial charge in [-0.3, -0.25) is 9.59 Å². The molecular weight excluding hydrogens is 196 g/mol. The Morgan fingerprint density at radius 3 is 2.13 bits per heavy atom. The maximum Gasteiger partial charge on any atom is 0.216 e. The smallest absolute Gasteiger partial charge is 0.216 e. The van der Waals surface area contributed by atoms with Gasteiger partial charge in [-0.15, -0.1) is 0 Å². The van der Waals surface area contributed by atoms with Gasteiger partial charge in [0.2, 0.25) is 12.6 Å². The number of aliphatic hydroxyl groups is 1. The van der Waals surface area contributed by atoms with Gasteiger partial charge in [-0.1, -0.05) is 0 Å². The van der Waals surface area contributed by atoms with Crippen LogP contribution in [0, 0.1) is 0 Å². The van der Waals surface area contributed by atoms with Crippen molar-refractivity contribution in [1.29, 1.82) is 0 Å². The molecule has 0 amide bonds. The highest BCUT2D eigenvalue weighted by molar-refractivity contribution is 5.59. The zero-order valence-corrected chi connectivity index (χ0v) is 8.53. The summed E-state index contributed by atoms with van der Waals surface area (Å²) in [4.78, 5) is 19.7. The molecule has 1 unspecified atom stereocenters. The van der Waals surface area contributed by atoms with Crippen molar-refractivity contribution >= 4 is 12.6 Å². The molecule has 0 aliphatic carbocycles. The lowest BCUT2D eigenvalue weighted by molar-refractivity contribution is 0.195. The predicted molar refractivity (Wildman–Crippen MR) is 54.8 cm³/mol. The summed E-state index contributed by atoms with van der Waals surface area (Å²) in [6, 6.07) is -0.190. The normalized spacial score (nSPS) is 34.3. The van der Waals surface area contributed by atoms with Crippen molar-refractivity contribution in [3.8, 4) is 0 Å². The van der Waals surface area contributed by atoms with Crippen molar-refractivity contribution in [1.82, 2.24) is 10.6 Å². The van der Waals surface area contributed by atoms with Crippen LogP contribution in [0.3, 0.4) is 0 Å². The van der Waals surface area contributed by atoms with E-state index in [9.17, 15) is 9.59 Å². The number of rotatable bonds is 2. The number of β-amino-alcohol motifs (C(OH)–C–C–N with tert-alkyl or cyclic N) is 1. The predicted octanol–water partition coefficient (Wildman–Crippen LogP) is -1.33. The SMILES string of the molecule is O=[C][C@@H]1CC(O)CN1.O=[C][C@@H]1CCCN1. The Hall–Kier alpha value is -0.780. The fourth-order valence-corrected chi connectivity index (χ4v) is 1.59. The van der Waals surface area contributed by atoms with Crippen LogP contribution in [0.5, 0.6) is 0 Å². The monoisotopic (exact) mass is 212 g/mol. The van der Waals surface area contributed by atoms with Crippen molar-refractivity contribution in [2.75, 3.05) is 13.1 Å². The fraction of sp³-hybridized carbons (Fsp3) is 0.800. The van der Waals surface area contributed by atoms with Crippen LogP contribution in [0.2, 0.25) is 0 Å². The van der Waals surface area contributed by atoms with Gasteiger partial charge < -0.3 is 15.7 Å². The average molecular weight is 212 g/mol. The van der Waals surface area contributed by atoms with E-state index in [1.807, 2.05) is 6.29 Å². The third kappa shape index (κ3) is 4.51. The Labute approximate surface area is 89.2 Å². The van der Waals surface area contributed by atoms with Gasteiger partial charge in [-0.2, -0.15) is 0 Å². The van der Waals surface area contributed by atoms with E-state index in [4.69, 9.17) is 5.11 Å². The topological polar surface area (TPSA) is 78.4 Å². The van der Waals surface area contributed by atoms with E-state index in [1.54, 1.807) is 6.29 Å². The number of hydrogen-bond acceptors (Lipinski definition) is 5. The lowest BCUT2D eigenvalue weighted by Gasteiger charge is -1.93. The quantitative estimate of drug-likeness (QED) is 0.528. The maximum absolute atomic E-state index is 9.85. The summed E-state index contributed by atoms with van der Waals surface area (Å²) in [6.07, 6.45) is 5.95. The first kappa shape index (κ1) is 12.3. The number of nitrogens with one attached hydrogen (secondary N) is 2. The van der Waals surface area contributed by atoms with Crippen LogP contribution in [0.1, 0.15) is 19.3 Å². The van der Waals surface area contributed by atoms with E-state index >= 15 is 0 Å². The molecule has 0 saturated carbocycles. The van der Waals surface area contributed by atoms with Crippen LogP contribution in [0.15, 0.2) is 0 Å². The summed E-state index contributed by atoms with van der Waals surface area (Å²) < 4.78 is 0. The second-order valence-electron chi connectivity index (χ2n) is 3.74. The second kappa shape index (κ2) is 6.66. The summed E-state index contributed by atoms with van der Waals surface area (Å²) in [5.74, 6) is 0. The van der Waals surface area contributed by atoms with E-state index in [-0.39, 0.29) is 18.2 Å². The third-order valence-electron chi connectivity index (χ3n) is 2.45. The molecule has 2 aliphatic heterocycles. The van der Waals surface area contributed by atoms with Crippen molar-refractivity contribution in [3.63, 3.8) is 0 Å². The van der Waals surface area contributed by atoms with E-state index in [1.165, 1.54) is 0 Å². The summed E-state index contributed by atoms with van der Waals surface area (Å²) in [5.41, 5.74) is 0. The molecule has 2 heterocycles. The summed E-state index contributed by atoms with van der Waals surface area (Å²) in [5, 5.41) is 14.6. The van der Waals surface area contributed by atoms with Gasteiger partial charge in [0.05, 0.1) is 18.2 Å². The molecule has 3 N–H and O–H groups in total. The minimum absolute atomic E-state index is 0.0417. The lowest BCUT2D eigenvalue weighted by Crippen LogP contribution is -2.22. The molecule has 0 aromatic rings. The van der Waals surface area contributed by atoms with Crippen molar-refractivity contribution in [2.24, 2.45) is 0 Å². The van der Waals surface area contributed by atoms with Gasteiger partial charge in [0.15, 0.2) is 0 Å². The lowest BCUT2D eigenvalue weighted by atomic mass is 10.2.